The summed E-state index contributed by atoms with van der Waals surface area (Å²) in [7, 11) is 0. The smallest absolute Gasteiger partial charge is 0.142 e. The zero-order valence-corrected chi connectivity index (χ0v) is 9.29. The maximum Gasteiger partial charge on any atom is 0.142 e. The van der Waals surface area contributed by atoms with Gasteiger partial charge in [-0.25, -0.2) is 8.78 Å². The molecule has 6 heteroatoms. The highest BCUT2D eigenvalue weighted by Gasteiger charge is 2.14. The zero-order valence-electron chi connectivity index (χ0n) is 7.71. The molecule has 0 saturated carbocycles. The van der Waals surface area contributed by atoms with Crippen LogP contribution in [0.4, 0.5) is 8.78 Å². The largest absolute Gasteiger partial charge is 0.395 e. The molecule has 1 aromatic rings. The Kier molecular flexibility index (Phi) is 6.05. The Morgan fingerprint density at radius 2 is 1.87 bits per heavy atom. The lowest BCUT2D eigenvalue weighted by atomic mass is 10.1. The Balaban J connectivity index is 0.00000196. The number of aliphatic hydroxyl groups is 1. The summed E-state index contributed by atoms with van der Waals surface area (Å²) in [4.78, 5) is 0. The molecule has 0 aliphatic heterocycles. The molecule has 3 N–H and O–H groups in total. The van der Waals surface area contributed by atoms with Crippen LogP contribution < -0.4 is 5.73 Å². The number of benzene rings is 1. The van der Waals surface area contributed by atoms with Crippen LogP contribution in [0.15, 0.2) is 12.1 Å². The van der Waals surface area contributed by atoms with Gasteiger partial charge in [-0.05, 0) is 18.6 Å². The summed E-state index contributed by atoms with van der Waals surface area (Å²) in [6.45, 7) is -0.299. The summed E-state index contributed by atoms with van der Waals surface area (Å²) in [6, 6.07) is 1.30. The lowest BCUT2D eigenvalue weighted by molar-refractivity contribution is 0.264. The number of hydrogen-bond donors (Lipinski definition) is 2. The van der Waals surface area contributed by atoms with Crippen molar-refractivity contribution in [2.24, 2.45) is 5.73 Å². The second-order valence-electron chi connectivity index (χ2n) is 2.97. The average molecular weight is 258 g/mol. The first-order valence-corrected chi connectivity index (χ1v) is 4.43. The van der Waals surface area contributed by atoms with Gasteiger partial charge in [-0.1, -0.05) is 11.6 Å². The summed E-state index contributed by atoms with van der Waals surface area (Å²) < 4.78 is 26.1. The molecule has 0 bridgehead atoms. The highest BCUT2D eigenvalue weighted by molar-refractivity contribution is 6.31. The third kappa shape index (κ3) is 3.57. The minimum absolute atomic E-state index is 0. The highest BCUT2D eigenvalue weighted by Crippen LogP contribution is 2.23. The van der Waals surface area contributed by atoms with Crippen molar-refractivity contribution in [3.8, 4) is 0 Å². The fourth-order valence-electron chi connectivity index (χ4n) is 1.08. The fraction of sp³-hybridized carbons (Fsp3) is 0.333. The van der Waals surface area contributed by atoms with E-state index in [4.69, 9.17) is 22.4 Å². The Hall–Kier alpha value is -0.420. The summed E-state index contributed by atoms with van der Waals surface area (Å²) in [5.74, 6) is -1.30. The molecule has 1 atom stereocenters. The fourth-order valence-corrected chi connectivity index (χ4v) is 1.31. The lowest BCUT2D eigenvalue weighted by Crippen LogP contribution is -2.27. The Labute approximate surface area is 97.4 Å². The predicted octanol–water partition coefficient (Wildman–Crippen LogP) is 1.90. The molecule has 1 rings (SSSR count). The maximum atomic E-state index is 13.1. The van der Waals surface area contributed by atoms with E-state index >= 15 is 0 Å². The molecule has 0 spiro atoms. The van der Waals surface area contributed by atoms with Gasteiger partial charge in [0.15, 0.2) is 0 Å². The Bertz CT molecular complexity index is 336. The first kappa shape index (κ1) is 14.6. The molecule has 0 aliphatic rings. The first-order chi connectivity index (χ1) is 6.56. The maximum absolute atomic E-state index is 13.1. The van der Waals surface area contributed by atoms with Crippen LogP contribution in [-0.4, -0.2) is 17.8 Å². The lowest BCUT2D eigenvalue weighted by Gasteiger charge is -2.10. The summed E-state index contributed by atoms with van der Waals surface area (Å²) >= 11 is 5.55. The Morgan fingerprint density at radius 1 is 1.33 bits per heavy atom. The molecule has 0 heterocycles. The molecule has 15 heavy (non-hydrogen) atoms. The molecule has 0 aliphatic carbocycles. The minimum Gasteiger partial charge on any atom is -0.395 e. The van der Waals surface area contributed by atoms with E-state index in [0.717, 1.165) is 12.1 Å². The number of halogens is 4. The van der Waals surface area contributed by atoms with Crippen molar-refractivity contribution < 1.29 is 13.9 Å². The van der Waals surface area contributed by atoms with E-state index in [1.165, 1.54) is 0 Å². The highest BCUT2D eigenvalue weighted by atomic mass is 35.5. The molecule has 1 aromatic carbocycles. The van der Waals surface area contributed by atoms with Crippen LogP contribution in [0.1, 0.15) is 5.56 Å². The van der Waals surface area contributed by atoms with Gasteiger partial charge in [-0.2, -0.15) is 0 Å². The number of aliphatic hydroxyl groups excluding tert-OH is 1. The number of hydrogen-bond acceptors (Lipinski definition) is 2. The van der Waals surface area contributed by atoms with Gasteiger partial charge in [0.1, 0.15) is 11.6 Å². The van der Waals surface area contributed by atoms with Crippen LogP contribution in [0.3, 0.4) is 0 Å². The second kappa shape index (κ2) is 6.23. The molecule has 0 aromatic heterocycles. The topological polar surface area (TPSA) is 46.2 Å². The van der Waals surface area contributed by atoms with Gasteiger partial charge in [-0.15, -0.1) is 12.4 Å². The van der Waals surface area contributed by atoms with Crippen LogP contribution in [0.5, 0.6) is 0 Å². The van der Waals surface area contributed by atoms with Crippen LogP contribution in [-0.2, 0) is 6.42 Å². The van der Waals surface area contributed by atoms with E-state index < -0.39 is 17.7 Å². The molecule has 2 nitrogen and oxygen atoms in total. The molecule has 0 fully saturated rings. The van der Waals surface area contributed by atoms with E-state index in [1.807, 2.05) is 0 Å². The van der Waals surface area contributed by atoms with Crippen molar-refractivity contribution in [3.05, 3.63) is 34.4 Å². The van der Waals surface area contributed by atoms with Gasteiger partial charge in [0.2, 0.25) is 0 Å². The van der Waals surface area contributed by atoms with Crippen LogP contribution >= 0.6 is 24.0 Å². The van der Waals surface area contributed by atoms with Crippen molar-refractivity contribution in [2.45, 2.75) is 12.5 Å². The van der Waals surface area contributed by atoms with Crippen LogP contribution in [0.2, 0.25) is 5.02 Å². The van der Waals surface area contributed by atoms with Gasteiger partial charge in [0, 0.05) is 11.6 Å². The van der Waals surface area contributed by atoms with Crippen molar-refractivity contribution in [3.63, 3.8) is 0 Å². The van der Waals surface area contributed by atoms with E-state index in [0.29, 0.717) is 0 Å². The van der Waals surface area contributed by atoms with Gasteiger partial charge in [0.25, 0.3) is 0 Å². The molecule has 86 valence electrons. The van der Waals surface area contributed by atoms with Crippen molar-refractivity contribution >= 4 is 24.0 Å². The van der Waals surface area contributed by atoms with Crippen molar-refractivity contribution in [1.82, 2.24) is 0 Å². The minimum atomic E-state index is -0.687. The normalized spacial score (nSPS) is 12.1. The molecule has 0 radical (unpaired) electrons. The Morgan fingerprint density at radius 3 is 2.40 bits per heavy atom. The monoisotopic (exact) mass is 257 g/mol. The molecular weight excluding hydrogens is 247 g/mol. The van der Waals surface area contributed by atoms with E-state index in [-0.39, 0.29) is 36.0 Å². The van der Waals surface area contributed by atoms with Gasteiger partial charge < -0.3 is 10.8 Å². The van der Waals surface area contributed by atoms with E-state index in [1.54, 1.807) is 0 Å². The molecular formula is C9H11Cl2F2NO. The van der Waals surface area contributed by atoms with E-state index in [2.05, 4.69) is 0 Å². The van der Waals surface area contributed by atoms with Crippen LogP contribution in [0.25, 0.3) is 0 Å². The second-order valence-corrected chi connectivity index (χ2v) is 3.35. The molecule has 1 unspecified atom stereocenters. The summed E-state index contributed by atoms with van der Waals surface area (Å²) in [5.41, 5.74) is 5.40. The SMILES string of the molecule is Cl.NC(CO)Cc1c(F)ccc(F)c1Cl. The molecule has 0 amide bonds. The standard InChI is InChI=1S/C9H10ClF2NO.ClH/c10-9-6(3-5(13)4-14)7(11)1-2-8(9)12;/h1-2,5,14H,3-4,13H2;1H. The van der Waals surface area contributed by atoms with Gasteiger partial charge in [0.05, 0.1) is 11.6 Å². The third-order valence-electron chi connectivity index (χ3n) is 1.84. The first-order valence-electron chi connectivity index (χ1n) is 4.05. The average Bonchev–Trinajstić information content (AvgIpc) is 2.18. The van der Waals surface area contributed by atoms with Crippen molar-refractivity contribution in [1.29, 1.82) is 0 Å². The third-order valence-corrected chi connectivity index (χ3v) is 2.25. The quantitative estimate of drug-likeness (QED) is 0.813. The molecule has 0 saturated heterocycles. The zero-order chi connectivity index (χ0) is 10.7. The number of rotatable bonds is 3. The summed E-state index contributed by atoms with van der Waals surface area (Å²) in [5, 5.41) is 8.39. The van der Waals surface area contributed by atoms with Crippen molar-refractivity contribution in [2.75, 3.05) is 6.61 Å². The van der Waals surface area contributed by atoms with Gasteiger partial charge in [-0.3, -0.25) is 0 Å². The van der Waals surface area contributed by atoms with E-state index in [9.17, 15) is 8.78 Å². The van der Waals surface area contributed by atoms with Crippen LogP contribution in [0, 0.1) is 11.6 Å². The summed E-state index contributed by atoms with van der Waals surface area (Å²) in [6.07, 6.45) is 0.0128. The predicted molar refractivity (Wildman–Crippen MR) is 57.4 cm³/mol. The number of nitrogens with two attached hydrogens (primary N) is 1. The van der Waals surface area contributed by atoms with Gasteiger partial charge >= 0.3 is 0 Å².